The summed E-state index contributed by atoms with van der Waals surface area (Å²) in [5.74, 6) is 1.72. The second-order valence-electron chi connectivity index (χ2n) is 17.4. The van der Waals surface area contributed by atoms with E-state index in [2.05, 4.69) is 97.2 Å². The molecule has 2 aliphatic heterocycles. The lowest BCUT2D eigenvalue weighted by Crippen LogP contribution is -2.49. The molecule has 0 saturated carbocycles. The van der Waals surface area contributed by atoms with Gasteiger partial charge in [-0.3, -0.25) is 19.5 Å². The highest BCUT2D eigenvalue weighted by Crippen LogP contribution is 2.41. The number of pyridine rings is 1. The predicted molar refractivity (Wildman–Crippen MR) is 252 cm³/mol. The van der Waals surface area contributed by atoms with E-state index in [9.17, 15) is 9.59 Å². The molecule has 2 amide bonds. The van der Waals surface area contributed by atoms with Gasteiger partial charge < -0.3 is 25.1 Å². The van der Waals surface area contributed by atoms with Gasteiger partial charge >= 0.3 is 0 Å². The number of fused-ring (bicyclic) bond motifs is 3. The molecule has 0 bridgehead atoms. The van der Waals surface area contributed by atoms with E-state index in [1.165, 1.54) is 5.56 Å². The Morgan fingerprint density at radius 2 is 1.76 bits per heavy atom. The van der Waals surface area contributed by atoms with Crippen LogP contribution in [0.25, 0.3) is 29.5 Å². The van der Waals surface area contributed by atoms with Crippen LogP contribution in [-0.4, -0.2) is 89.7 Å². The second kappa shape index (κ2) is 19.2. The molecule has 5 unspecified atom stereocenters. The fourth-order valence-electron chi connectivity index (χ4n) is 10.1. The number of hydrogen-bond donors (Lipinski definition) is 3. The van der Waals surface area contributed by atoms with Gasteiger partial charge in [0.25, 0.3) is 0 Å². The van der Waals surface area contributed by atoms with Crippen LogP contribution in [0.5, 0.6) is 0 Å². The standard InChI is InChI=1S/C52H63N9O2/c1-8-53-36(7)45-30-34(5)48(61(45)46(62)31-37-18-12-11-13-19-37)51-55-35(6)41(56-51)27-24-33(4)38-25-26-40-39(32-38)20-16-22-42-47(40)58-50(57-42)44-23-17-29-60(44)52(63)49(59(9-2)10-3)43-21-14-15-28-54-43/h11-15,18-19,21,24-28,32,36,44-45,48-49,53H,5-6,8-10,16-17,20,22-23,29-31H2,1-4,7H3,(H,55,56)(H,57,58)/b33-24+,41-27+. The van der Waals surface area contributed by atoms with Crippen LogP contribution >= 0.6 is 0 Å². The minimum atomic E-state index is -0.430. The van der Waals surface area contributed by atoms with Crippen molar-refractivity contribution >= 4 is 30.0 Å². The molecule has 63 heavy (non-hydrogen) atoms. The number of carbonyl (C=O) groups is 2. The average Bonchev–Trinajstić information content (AvgIpc) is 4.09. The lowest BCUT2D eigenvalue weighted by molar-refractivity contribution is -0.138. The SMILES string of the molecule is C=C1CC(C(C)NCC)N(C(=O)Cc2ccccc2)C1c1n/c(=C/C=C(\C)c2ccc3c(c2)CCCc2[nH]c(C4CCCN4C(=O)C(c4ccccn4)N(CC)CC)nc2-3)c(=C)[nH]1. The molecule has 11 heteroatoms. The first-order chi connectivity index (χ1) is 30.6. The summed E-state index contributed by atoms with van der Waals surface area (Å²) in [7, 11) is 0. The number of allylic oxidation sites excluding steroid dienone is 2. The van der Waals surface area contributed by atoms with Crippen LogP contribution in [0.1, 0.15) is 118 Å². The highest BCUT2D eigenvalue weighted by Gasteiger charge is 2.44. The molecule has 0 spiro atoms. The Morgan fingerprint density at radius 3 is 2.51 bits per heavy atom. The fourth-order valence-corrected chi connectivity index (χ4v) is 10.1. The topological polar surface area (TPSA) is 126 Å². The van der Waals surface area contributed by atoms with Crippen molar-refractivity contribution in [1.29, 1.82) is 0 Å². The second-order valence-corrected chi connectivity index (χ2v) is 17.4. The number of amides is 2. The van der Waals surface area contributed by atoms with Gasteiger partial charge in [0.05, 0.1) is 40.6 Å². The fraction of sp³-hybridized carbons (Fsp3) is 0.404. The average molecular weight is 846 g/mol. The Balaban J connectivity index is 1.03. The number of rotatable bonds is 14. The predicted octanol–water partition coefficient (Wildman–Crippen LogP) is 7.16. The minimum Gasteiger partial charge on any atom is -0.344 e. The molecular formula is C52H63N9O2. The molecule has 3 N–H and O–H groups in total. The zero-order valence-electron chi connectivity index (χ0n) is 37.7. The Bertz CT molecular complexity index is 2570. The molecule has 5 aromatic rings. The molecule has 3 aromatic heterocycles. The van der Waals surface area contributed by atoms with Gasteiger partial charge in [-0.05, 0) is 118 Å². The minimum absolute atomic E-state index is 0.0430. The van der Waals surface area contributed by atoms with Gasteiger partial charge in [-0.25, -0.2) is 9.97 Å². The number of H-pyrrole nitrogens is 2. The number of nitrogens with zero attached hydrogens (tertiary/aromatic N) is 6. The number of benzene rings is 2. The Hall–Kier alpha value is -5.91. The maximum Gasteiger partial charge on any atom is 0.246 e. The van der Waals surface area contributed by atoms with Crippen LogP contribution < -0.4 is 16.0 Å². The summed E-state index contributed by atoms with van der Waals surface area (Å²) in [6.07, 6.45) is 11.6. The highest BCUT2D eigenvalue weighted by atomic mass is 16.2. The van der Waals surface area contributed by atoms with Crippen molar-refractivity contribution in [3.05, 3.63) is 142 Å². The number of likely N-dealkylation sites (N-methyl/N-ethyl adjacent to an activating group) is 2. The van der Waals surface area contributed by atoms with Gasteiger partial charge in [0.2, 0.25) is 11.8 Å². The van der Waals surface area contributed by atoms with E-state index in [1.807, 2.05) is 64.4 Å². The van der Waals surface area contributed by atoms with E-state index >= 15 is 0 Å². The summed E-state index contributed by atoms with van der Waals surface area (Å²) >= 11 is 0. The van der Waals surface area contributed by atoms with Crippen molar-refractivity contribution in [3.8, 4) is 11.3 Å². The van der Waals surface area contributed by atoms with Gasteiger partial charge in [-0.1, -0.05) is 94.6 Å². The first-order valence-corrected chi connectivity index (χ1v) is 23.0. The van der Waals surface area contributed by atoms with Crippen LogP contribution in [0.15, 0.2) is 91.2 Å². The van der Waals surface area contributed by atoms with Crippen molar-refractivity contribution in [2.45, 2.75) is 110 Å². The smallest absolute Gasteiger partial charge is 0.246 e. The third kappa shape index (κ3) is 8.99. The summed E-state index contributed by atoms with van der Waals surface area (Å²) in [6, 6.07) is 21.6. The van der Waals surface area contributed by atoms with Crippen molar-refractivity contribution < 1.29 is 9.59 Å². The Labute approximate surface area is 372 Å². The number of aromatic nitrogens is 5. The molecule has 0 radical (unpaired) electrons. The normalized spacial score (nSPS) is 20.2. The number of carbonyl (C=O) groups excluding carboxylic acids is 2. The first kappa shape index (κ1) is 43.7. The van der Waals surface area contributed by atoms with Crippen molar-refractivity contribution in [2.24, 2.45) is 0 Å². The molecule has 5 heterocycles. The van der Waals surface area contributed by atoms with Crippen LogP contribution in [0.2, 0.25) is 0 Å². The number of aryl methyl sites for hydroxylation is 2. The Kier molecular flexibility index (Phi) is 13.3. The zero-order chi connectivity index (χ0) is 44.2. The van der Waals surface area contributed by atoms with Gasteiger partial charge in [0.15, 0.2) is 0 Å². The van der Waals surface area contributed by atoms with Gasteiger partial charge in [0, 0.05) is 30.0 Å². The number of imidazole rings is 2. The first-order valence-electron chi connectivity index (χ1n) is 23.0. The maximum absolute atomic E-state index is 14.4. The summed E-state index contributed by atoms with van der Waals surface area (Å²) < 4.78 is 0. The van der Waals surface area contributed by atoms with Crippen LogP contribution in [-0.2, 0) is 28.9 Å². The number of hydrogen-bond acceptors (Lipinski definition) is 7. The summed E-state index contributed by atoms with van der Waals surface area (Å²) in [6.45, 7) is 22.4. The number of likely N-dealkylation sites (tertiary alicyclic amines) is 2. The Morgan fingerprint density at radius 1 is 0.968 bits per heavy atom. The molecule has 2 saturated heterocycles. The van der Waals surface area contributed by atoms with Crippen molar-refractivity contribution in [2.75, 3.05) is 26.2 Å². The monoisotopic (exact) mass is 846 g/mol. The van der Waals surface area contributed by atoms with Crippen molar-refractivity contribution in [1.82, 2.24) is 44.9 Å². The summed E-state index contributed by atoms with van der Waals surface area (Å²) in [5, 5.41) is 4.98. The zero-order valence-corrected chi connectivity index (χ0v) is 37.7. The van der Waals surface area contributed by atoms with E-state index in [0.717, 1.165) is 108 Å². The van der Waals surface area contributed by atoms with E-state index in [4.69, 9.17) is 9.97 Å². The lowest BCUT2D eigenvalue weighted by atomic mass is 9.96. The molecule has 2 aromatic carbocycles. The number of nitrogens with one attached hydrogen (secondary N) is 3. The number of aromatic amines is 2. The lowest BCUT2D eigenvalue weighted by Gasteiger charge is -2.33. The van der Waals surface area contributed by atoms with Crippen LogP contribution in [0, 0.1) is 0 Å². The third-order valence-corrected chi connectivity index (χ3v) is 13.4. The van der Waals surface area contributed by atoms with Gasteiger partial charge in [0.1, 0.15) is 23.7 Å². The molecular weight excluding hydrogens is 783 g/mol. The van der Waals surface area contributed by atoms with E-state index < -0.39 is 6.04 Å². The molecule has 11 nitrogen and oxygen atoms in total. The maximum atomic E-state index is 14.4. The van der Waals surface area contributed by atoms with E-state index in [-0.39, 0.29) is 36.0 Å². The highest BCUT2D eigenvalue weighted by molar-refractivity contribution is 5.84. The third-order valence-electron chi connectivity index (χ3n) is 13.4. The quantitative estimate of drug-likeness (QED) is 0.101. The van der Waals surface area contributed by atoms with E-state index in [1.54, 1.807) is 6.20 Å². The van der Waals surface area contributed by atoms with E-state index in [0.29, 0.717) is 30.6 Å². The molecule has 2 fully saturated rings. The van der Waals surface area contributed by atoms with Crippen molar-refractivity contribution in [3.63, 3.8) is 0 Å². The van der Waals surface area contributed by atoms with Crippen LogP contribution in [0.3, 0.4) is 0 Å². The molecule has 8 rings (SSSR count). The van der Waals surface area contributed by atoms with Gasteiger partial charge in [-0.15, -0.1) is 0 Å². The molecule has 5 atom stereocenters. The van der Waals surface area contributed by atoms with Crippen LogP contribution in [0.4, 0.5) is 0 Å². The summed E-state index contributed by atoms with van der Waals surface area (Å²) in [4.78, 5) is 56.9. The molecule has 3 aliphatic rings. The molecule has 1 aliphatic carbocycles. The van der Waals surface area contributed by atoms with Gasteiger partial charge in [-0.2, -0.15) is 0 Å². The molecule has 328 valence electrons. The summed E-state index contributed by atoms with van der Waals surface area (Å²) in [5.41, 5.74) is 9.55. The largest absolute Gasteiger partial charge is 0.344 e.